The van der Waals surface area contributed by atoms with Gasteiger partial charge in [-0.1, -0.05) is 6.07 Å². The van der Waals surface area contributed by atoms with Crippen molar-refractivity contribution in [3.05, 3.63) is 46.2 Å². The number of hydrogen-bond acceptors (Lipinski definition) is 4. The number of thiazole rings is 1. The van der Waals surface area contributed by atoms with Gasteiger partial charge in [-0.15, -0.1) is 22.9 Å². The zero-order chi connectivity index (χ0) is 12.8. The van der Waals surface area contributed by atoms with Crippen molar-refractivity contribution in [2.24, 2.45) is 0 Å². The maximum absolute atomic E-state index is 5.74. The first kappa shape index (κ1) is 13.5. The van der Waals surface area contributed by atoms with Crippen LogP contribution in [0.4, 0.5) is 0 Å². The smallest absolute Gasteiger partial charge is 0.0941 e. The molecule has 0 saturated carbocycles. The van der Waals surface area contributed by atoms with E-state index in [1.54, 1.807) is 11.3 Å². The molecule has 18 heavy (non-hydrogen) atoms. The van der Waals surface area contributed by atoms with Crippen LogP contribution >= 0.6 is 22.9 Å². The monoisotopic (exact) mass is 281 g/mol. The standard InChI is InChI=1S/C13H16ClN3S/c1-17(9-11-4-2-3-6-15-11)7-5-13-16-12(8-14)10-18-13/h2-4,6,10H,5,7-9H2,1H3. The van der Waals surface area contributed by atoms with Gasteiger partial charge < -0.3 is 4.90 Å². The Morgan fingerprint density at radius 2 is 2.22 bits per heavy atom. The number of pyridine rings is 1. The van der Waals surface area contributed by atoms with Crippen LogP contribution in [0.15, 0.2) is 29.8 Å². The highest BCUT2D eigenvalue weighted by Gasteiger charge is 2.04. The quantitative estimate of drug-likeness (QED) is 0.763. The second-order valence-electron chi connectivity index (χ2n) is 4.18. The van der Waals surface area contributed by atoms with Gasteiger partial charge in [0.2, 0.25) is 0 Å². The second-order valence-corrected chi connectivity index (χ2v) is 5.38. The Kier molecular flexibility index (Phi) is 5.11. The van der Waals surface area contributed by atoms with E-state index in [4.69, 9.17) is 11.6 Å². The first-order valence-corrected chi connectivity index (χ1v) is 7.27. The first-order chi connectivity index (χ1) is 8.78. The maximum atomic E-state index is 5.74. The first-order valence-electron chi connectivity index (χ1n) is 5.85. The highest BCUT2D eigenvalue weighted by atomic mass is 35.5. The summed E-state index contributed by atoms with van der Waals surface area (Å²) in [5.74, 6) is 0.500. The lowest BCUT2D eigenvalue weighted by atomic mass is 10.3. The van der Waals surface area contributed by atoms with E-state index in [0.29, 0.717) is 5.88 Å². The number of alkyl halides is 1. The Morgan fingerprint density at radius 3 is 2.89 bits per heavy atom. The SMILES string of the molecule is CN(CCc1nc(CCl)cs1)Cc1ccccn1. The summed E-state index contributed by atoms with van der Waals surface area (Å²) in [6.45, 7) is 1.85. The number of likely N-dealkylation sites (N-methyl/N-ethyl adjacent to an activating group) is 1. The lowest BCUT2D eigenvalue weighted by Crippen LogP contribution is -2.21. The van der Waals surface area contributed by atoms with Crippen LogP contribution in [0.3, 0.4) is 0 Å². The molecule has 0 atom stereocenters. The molecule has 0 spiro atoms. The minimum atomic E-state index is 0.500. The van der Waals surface area contributed by atoms with Gasteiger partial charge in [-0.3, -0.25) is 4.98 Å². The Labute approximate surface area is 116 Å². The molecule has 0 N–H and O–H groups in total. The fraction of sp³-hybridized carbons (Fsp3) is 0.385. The van der Waals surface area contributed by atoms with E-state index in [2.05, 4.69) is 21.9 Å². The van der Waals surface area contributed by atoms with E-state index in [9.17, 15) is 0 Å². The van der Waals surface area contributed by atoms with Gasteiger partial charge in [0.05, 0.1) is 22.3 Å². The Morgan fingerprint density at radius 1 is 1.33 bits per heavy atom. The van der Waals surface area contributed by atoms with Gasteiger partial charge in [-0.2, -0.15) is 0 Å². The van der Waals surface area contributed by atoms with Crippen molar-refractivity contribution < 1.29 is 0 Å². The van der Waals surface area contributed by atoms with Crippen molar-refractivity contribution in [3.63, 3.8) is 0 Å². The average Bonchev–Trinajstić information content (AvgIpc) is 2.85. The predicted octanol–water partition coefficient (Wildman–Crippen LogP) is 2.95. The van der Waals surface area contributed by atoms with Crippen LogP contribution in [-0.2, 0) is 18.8 Å². The van der Waals surface area contributed by atoms with E-state index in [1.165, 1.54) is 0 Å². The molecule has 3 nitrogen and oxygen atoms in total. The molecule has 0 aliphatic heterocycles. The Balaban J connectivity index is 1.79. The maximum Gasteiger partial charge on any atom is 0.0941 e. The van der Waals surface area contributed by atoms with E-state index < -0.39 is 0 Å². The molecule has 96 valence electrons. The molecule has 0 aliphatic rings. The zero-order valence-corrected chi connectivity index (χ0v) is 11.9. The van der Waals surface area contributed by atoms with Gasteiger partial charge in [0.1, 0.15) is 0 Å². The zero-order valence-electron chi connectivity index (χ0n) is 10.3. The van der Waals surface area contributed by atoms with Crippen molar-refractivity contribution in [1.29, 1.82) is 0 Å². The third kappa shape index (κ3) is 4.05. The van der Waals surface area contributed by atoms with Crippen molar-refractivity contribution in [2.75, 3.05) is 13.6 Å². The molecule has 2 aromatic heterocycles. The summed E-state index contributed by atoms with van der Waals surface area (Å²) in [7, 11) is 2.10. The fourth-order valence-electron chi connectivity index (χ4n) is 1.66. The Bertz CT molecular complexity index is 472. The van der Waals surface area contributed by atoms with Crippen LogP contribution in [0.5, 0.6) is 0 Å². The molecule has 2 aromatic rings. The average molecular weight is 282 g/mol. The topological polar surface area (TPSA) is 29.0 Å². The molecule has 0 fully saturated rings. The molecule has 5 heteroatoms. The summed E-state index contributed by atoms with van der Waals surface area (Å²) in [4.78, 5) is 11.0. The summed E-state index contributed by atoms with van der Waals surface area (Å²) in [6, 6.07) is 6.00. The molecule has 0 amide bonds. The van der Waals surface area contributed by atoms with Gasteiger partial charge in [-0.25, -0.2) is 4.98 Å². The van der Waals surface area contributed by atoms with Crippen molar-refractivity contribution in [2.45, 2.75) is 18.8 Å². The molecule has 2 rings (SSSR count). The molecule has 0 aliphatic carbocycles. The highest BCUT2D eigenvalue weighted by Crippen LogP contribution is 2.12. The molecular weight excluding hydrogens is 266 g/mol. The summed E-state index contributed by atoms with van der Waals surface area (Å²) >= 11 is 7.42. The van der Waals surface area contributed by atoms with Gasteiger partial charge in [-0.05, 0) is 19.2 Å². The van der Waals surface area contributed by atoms with Crippen LogP contribution < -0.4 is 0 Å². The molecule has 0 saturated heterocycles. The summed E-state index contributed by atoms with van der Waals surface area (Å²) in [5, 5.41) is 3.18. The Hall–Kier alpha value is -0.970. The van der Waals surface area contributed by atoms with Crippen LogP contribution in [0.2, 0.25) is 0 Å². The number of aromatic nitrogens is 2. The highest BCUT2D eigenvalue weighted by molar-refractivity contribution is 7.09. The third-order valence-corrected chi connectivity index (χ3v) is 3.83. The van der Waals surface area contributed by atoms with Crippen LogP contribution in [-0.4, -0.2) is 28.5 Å². The molecule has 2 heterocycles. The van der Waals surface area contributed by atoms with Crippen molar-refractivity contribution >= 4 is 22.9 Å². The number of halogens is 1. The summed E-state index contributed by atoms with van der Waals surface area (Å²) < 4.78 is 0. The predicted molar refractivity (Wildman–Crippen MR) is 75.9 cm³/mol. The van der Waals surface area contributed by atoms with Gasteiger partial charge >= 0.3 is 0 Å². The second kappa shape index (κ2) is 6.83. The number of hydrogen-bond donors (Lipinski definition) is 0. The van der Waals surface area contributed by atoms with Crippen LogP contribution in [0.1, 0.15) is 16.4 Å². The van der Waals surface area contributed by atoms with Gasteiger partial charge in [0.25, 0.3) is 0 Å². The van der Waals surface area contributed by atoms with Gasteiger partial charge in [0.15, 0.2) is 0 Å². The van der Waals surface area contributed by atoms with Crippen molar-refractivity contribution in [3.8, 4) is 0 Å². The molecule has 0 bridgehead atoms. The van der Waals surface area contributed by atoms with Crippen molar-refractivity contribution in [1.82, 2.24) is 14.9 Å². The fourth-order valence-corrected chi connectivity index (χ4v) is 2.67. The normalized spacial score (nSPS) is 11.1. The molecule has 0 aromatic carbocycles. The largest absolute Gasteiger partial charge is 0.300 e. The van der Waals surface area contributed by atoms with E-state index in [0.717, 1.165) is 35.9 Å². The number of rotatable bonds is 6. The van der Waals surface area contributed by atoms with E-state index >= 15 is 0 Å². The lowest BCUT2D eigenvalue weighted by Gasteiger charge is -2.14. The molecular formula is C13H16ClN3S. The van der Waals surface area contributed by atoms with E-state index in [-0.39, 0.29) is 0 Å². The summed E-state index contributed by atoms with van der Waals surface area (Å²) in [5.41, 5.74) is 2.07. The van der Waals surface area contributed by atoms with Gasteiger partial charge in [0, 0.05) is 31.1 Å². The number of nitrogens with zero attached hydrogens (tertiary/aromatic N) is 3. The summed E-state index contributed by atoms with van der Waals surface area (Å²) in [6.07, 6.45) is 2.79. The molecule has 0 radical (unpaired) electrons. The molecule has 0 unspecified atom stereocenters. The minimum absolute atomic E-state index is 0.500. The minimum Gasteiger partial charge on any atom is -0.300 e. The van der Waals surface area contributed by atoms with Crippen LogP contribution in [0, 0.1) is 0 Å². The third-order valence-electron chi connectivity index (χ3n) is 2.60. The lowest BCUT2D eigenvalue weighted by molar-refractivity contribution is 0.327. The van der Waals surface area contributed by atoms with Crippen LogP contribution in [0.25, 0.3) is 0 Å². The van der Waals surface area contributed by atoms with E-state index in [1.807, 2.05) is 29.8 Å².